The summed E-state index contributed by atoms with van der Waals surface area (Å²) >= 11 is 0. The molecule has 0 spiro atoms. The quantitative estimate of drug-likeness (QED) is 0.731. The molecule has 1 aliphatic rings. The molecule has 5 nitrogen and oxygen atoms in total. The number of nitrogens with one attached hydrogen (secondary N) is 1. The fraction of sp³-hybridized carbons (Fsp3) is 0.933. The highest BCUT2D eigenvalue weighted by Crippen LogP contribution is 2.22. The summed E-state index contributed by atoms with van der Waals surface area (Å²) in [5.41, 5.74) is 0. The van der Waals surface area contributed by atoms with Crippen molar-refractivity contribution in [2.75, 3.05) is 25.9 Å². The van der Waals surface area contributed by atoms with Crippen molar-refractivity contribution in [1.82, 2.24) is 9.62 Å². The standard InChI is InChI=1S/C15H30N2O3S/c1-3-21(19,20)17(2)13-9-12-16-15(18)14-10-7-5-4-6-8-11-14/h14H,3-13H2,1-2H3,(H,16,18). The molecule has 1 aliphatic carbocycles. The fourth-order valence-electron chi connectivity index (χ4n) is 2.74. The van der Waals surface area contributed by atoms with Crippen molar-refractivity contribution in [3.05, 3.63) is 0 Å². The van der Waals surface area contributed by atoms with Crippen molar-refractivity contribution in [2.45, 2.75) is 58.3 Å². The van der Waals surface area contributed by atoms with Crippen LogP contribution in [0.15, 0.2) is 0 Å². The Morgan fingerprint density at radius 1 is 1.14 bits per heavy atom. The van der Waals surface area contributed by atoms with Crippen molar-refractivity contribution >= 4 is 15.9 Å². The average Bonchev–Trinajstić information content (AvgIpc) is 2.42. The van der Waals surface area contributed by atoms with Gasteiger partial charge in [-0.05, 0) is 26.2 Å². The van der Waals surface area contributed by atoms with E-state index in [0.29, 0.717) is 19.5 Å². The van der Waals surface area contributed by atoms with Crippen LogP contribution in [0.25, 0.3) is 0 Å². The van der Waals surface area contributed by atoms with Crippen LogP contribution in [0, 0.1) is 5.92 Å². The molecule has 21 heavy (non-hydrogen) atoms. The first kappa shape index (κ1) is 18.4. The summed E-state index contributed by atoms with van der Waals surface area (Å²) in [6.07, 6.45) is 8.73. The minimum Gasteiger partial charge on any atom is -0.356 e. The molecule has 0 unspecified atom stereocenters. The van der Waals surface area contributed by atoms with E-state index in [2.05, 4.69) is 5.32 Å². The molecule has 0 bridgehead atoms. The normalized spacial score (nSPS) is 18.2. The number of sulfonamides is 1. The lowest BCUT2D eigenvalue weighted by molar-refractivity contribution is -0.125. The van der Waals surface area contributed by atoms with Crippen LogP contribution in [0.2, 0.25) is 0 Å². The van der Waals surface area contributed by atoms with Gasteiger partial charge in [0.25, 0.3) is 0 Å². The lowest BCUT2D eigenvalue weighted by Gasteiger charge is -2.20. The third kappa shape index (κ3) is 6.78. The zero-order chi connectivity index (χ0) is 15.7. The predicted octanol–water partition coefficient (Wildman–Crippen LogP) is 2.13. The van der Waals surface area contributed by atoms with Crippen LogP contribution in [0.3, 0.4) is 0 Å². The summed E-state index contributed by atoms with van der Waals surface area (Å²) in [6, 6.07) is 0. The second-order valence-electron chi connectivity index (χ2n) is 5.91. The molecule has 0 aromatic rings. The van der Waals surface area contributed by atoms with Gasteiger partial charge in [0, 0.05) is 26.1 Å². The van der Waals surface area contributed by atoms with E-state index in [0.717, 1.165) is 25.7 Å². The molecule has 0 aromatic heterocycles. The number of hydrogen-bond donors (Lipinski definition) is 1. The van der Waals surface area contributed by atoms with Gasteiger partial charge in [0.1, 0.15) is 0 Å². The van der Waals surface area contributed by atoms with E-state index in [9.17, 15) is 13.2 Å². The monoisotopic (exact) mass is 318 g/mol. The molecule has 0 heterocycles. The van der Waals surface area contributed by atoms with Gasteiger partial charge in [-0.2, -0.15) is 0 Å². The van der Waals surface area contributed by atoms with E-state index in [1.54, 1.807) is 14.0 Å². The number of hydrogen-bond acceptors (Lipinski definition) is 3. The summed E-state index contributed by atoms with van der Waals surface area (Å²) < 4.78 is 24.5. The first-order valence-electron chi connectivity index (χ1n) is 8.19. The van der Waals surface area contributed by atoms with Gasteiger partial charge in [0.05, 0.1) is 5.75 Å². The highest BCUT2D eigenvalue weighted by molar-refractivity contribution is 7.89. The second-order valence-corrected chi connectivity index (χ2v) is 8.27. The molecule has 0 aliphatic heterocycles. The zero-order valence-electron chi connectivity index (χ0n) is 13.4. The second kappa shape index (κ2) is 9.41. The van der Waals surface area contributed by atoms with Gasteiger partial charge in [-0.3, -0.25) is 4.79 Å². The molecule has 0 aromatic carbocycles. The van der Waals surface area contributed by atoms with Gasteiger partial charge in [-0.15, -0.1) is 0 Å². The van der Waals surface area contributed by atoms with Crippen LogP contribution in [0.5, 0.6) is 0 Å². The predicted molar refractivity (Wildman–Crippen MR) is 85.5 cm³/mol. The number of carbonyl (C=O) groups is 1. The SMILES string of the molecule is CCS(=O)(=O)N(C)CCCNC(=O)C1CCCCCCC1. The van der Waals surface area contributed by atoms with Crippen molar-refractivity contribution < 1.29 is 13.2 Å². The molecule has 6 heteroatoms. The molecule has 0 atom stereocenters. The van der Waals surface area contributed by atoms with E-state index in [4.69, 9.17) is 0 Å². The van der Waals surface area contributed by atoms with E-state index in [1.165, 1.54) is 23.6 Å². The van der Waals surface area contributed by atoms with Gasteiger partial charge < -0.3 is 5.32 Å². The highest BCUT2D eigenvalue weighted by Gasteiger charge is 2.19. The van der Waals surface area contributed by atoms with Crippen molar-refractivity contribution in [1.29, 1.82) is 0 Å². The van der Waals surface area contributed by atoms with Gasteiger partial charge in [-0.1, -0.05) is 32.1 Å². The lowest BCUT2D eigenvalue weighted by atomic mass is 9.90. The Kier molecular flexibility index (Phi) is 8.26. The Hall–Kier alpha value is -0.620. The fourth-order valence-corrected chi connectivity index (χ4v) is 3.58. The van der Waals surface area contributed by atoms with E-state index >= 15 is 0 Å². The maximum Gasteiger partial charge on any atom is 0.223 e. The smallest absolute Gasteiger partial charge is 0.223 e. The largest absolute Gasteiger partial charge is 0.356 e. The molecule has 0 radical (unpaired) electrons. The molecular weight excluding hydrogens is 288 g/mol. The Balaban J connectivity index is 2.23. The van der Waals surface area contributed by atoms with Gasteiger partial charge in [0.2, 0.25) is 15.9 Å². The average molecular weight is 318 g/mol. The molecule has 124 valence electrons. The molecule has 1 rings (SSSR count). The Bertz CT molecular complexity index is 401. The summed E-state index contributed by atoms with van der Waals surface area (Å²) in [5.74, 6) is 0.429. The third-order valence-electron chi connectivity index (χ3n) is 4.26. The number of rotatable bonds is 7. The zero-order valence-corrected chi connectivity index (χ0v) is 14.3. The Morgan fingerprint density at radius 3 is 2.29 bits per heavy atom. The topological polar surface area (TPSA) is 66.5 Å². The van der Waals surface area contributed by atoms with Crippen LogP contribution in [0.4, 0.5) is 0 Å². The first-order chi connectivity index (χ1) is 9.97. The van der Waals surface area contributed by atoms with E-state index < -0.39 is 10.0 Å². The van der Waals surface area contributed by atoms with Crippen LogP contribution < -0.4 is 5.32 Å². The van der Waals surface area contributed by atoms with E-state index in [1.807, 2.05) is 0 Å². The summed E-state index contributed by atoms with van der Waals surface area (Å²) in [5, 5.41) is 2.96. The van der Waals surface area contributed by atoms with E-state index in [-0.39, 0.29) is 17.6 Å². The van der Waals surface area contributed by atoms with Crippen molar-refractivity contribution in [3.8, 4) is 0 Å². The Morgan fingerprint density at radius 2 is 1.71 bits per heavy atom. The number of nitrogens with zero attached hydrogens (tertiary/aromatic N) is 1. The summed E-state index contributed by atoms with van der Waals surface area (Å²) in [6.45, 7) is 2.66. The molecule has 1 N–H and O–H groups in total. The lowest BCUT2D eigenvalue weighted by Crippen LogP contribution is -2.35. The first-order valence-corrected chi connectivity index (χ1v) is 9.80. The minimum atomic E-state index is -3.11. The summed E-state index contributed by atoms with van der Waals surface area (Å²) in [7, 11) is -1.51. The van der Waals surface area contributed by atoms with Crippen molar-refractivity contribution in [3.63, 3.8) is 0 Å². The maximum atomic E-state index is 12.1. The Labute approximate surface area is 129 Å². The third-order valence-corrected chi connectivity index (χ3v) is 6.13. The number of carbonyl (C=O) groups excluding carboxylic acids is 1. The van der Waals surface area contributed by atoms with Crippen LogP contribution in [-0.4, -0.2) is 44.5 Å². The summed E-state index contributed by atoms with van der Waals surface area (Å²) in [4.78, 5) is 12.1. The molecule has 1 amide bonds. The van der Waals surface area contributed by atoms with Gasteiger partial charge >= 0.3 is 0 Å². The van der Waals surface area contributed by atoms with Gasteiger partial charge in [-0.25, -0.2) is 12.7 Å². The van der Waals surface area contributed by atoms with Crippen LogP contribution in [0.1, 0.15) is 58.3 Å². The molecule has 1 fully saturated rings. The molecule has 1 saturated carbocycles. The highest BCUT2D eigenvalue weighted by atomic mass is 32.2. The minimum absolute atomic E-state index is 0.123. The van der Waals surface area contributed by atoms with Crippen LogP contribution >= 0.6 is 0 Å². The van der Waals surface area contributed by atoms with Crippen molar-refractivity contribution in [2.24, 2.45) is 5.92 Å². The molecule has 0 saturated heterocycles. The van der Waals surface area contributed by atoms with Crippen LogP contribution in [-0.2, 0) is 14.8 Å². The number of amides is 1. The maximum absolute atomic E-state index is 12.1. The molecular formula is C15H30N2O3S. The van der Waals surface area contributed by atoms with Gasteiger partial charge in [0.15, 0.2) is 0 Å².